The van der Waals surface area contributed by atoms with E-state index in [1.165, 1.54) is 128 Å². The minimum atomic E-state index is -0.160. The number of esters is 1. The smallest absolute Gasteiger partial charge is 0.330 e. The molecule has 38 heavy (non-hydrogen) atoms. The normalized spacial score (nSPS) is 14.3. The third-order valence-corrected chi connectivity index (χ3v) is 8.35. The number of rotatable bonds is 28. The average molecular weight is 535 g/mol. The van der Waals surface area contributed by atoms with Crippen LogP contribution in [-0.2, 0) is 9.53 Å². The molecule has 0 fully saturated rings. The second-order valence-corrected chi connectivity index (χ2v) is 13.2. The van der Waals surface area contributed by atoms with Crippen LogP contribution in [0, 0.1) is 23.7 Å². The van der Waals surface area contributed by atoms with Gasteiger partial charge in [-0.2, -0.15) is 0 Å². The second kappa shape index (κ2) is 27.8. The van der Waals surface area contributed by atoms with Crippen LogP contribution in [0.2, 0.25) is 0 Å². The molecular formula is C36H70O2. The number of hydrogen-bond donors (Lipinski definition) is 0. The van der Waals surface area contributed by atoms with E-state index in [0.717, 1.165) is 30.6 Å². The molecule has 0 radical (unpaired) electrons. The number of hydrogen-bond acceptors (Lipinski definition) is 2. The van der Waals surface area contributed by atoms with E-state index in [0.29, 0.717) is 12.5 Å². The van der Waals surface area contributed by atoms with Crippen LogP contribution in [0.5, 0.6) is 0 Å². The van der Waals surface area contributed by atoms with Crippen LogP contribution in [0.1, 0.15) is 183 Å². The Morgan fingerprint density at radius 1 is 0.553 bits per heavy atom. The summed E-state index contributed by atoms with van der Waals surface area (Å²) in [4.78, 5) is 12.0. The lowest BCUT2D eigenvalue weighted by molar-refractivity contribution is -0.138. The molecule has 0 spiro atoms. The van der Waals surface area contributed by atoms with Gasteiger partial charge in [-0.3, -0.25) is 0 Å². The predicted octanol–water partition coefficient (Wildman–Crippen LogP) is 12.3. The number of unbranched alkanes of at least 4 members (excludes halogenated alkanes) is 11. The Labute approximate surface area is 240 Å². The molecule has 0 aliphatic rings. The van der Waals surface area contributed by atoms with Gasteiger partial charge in [0.15, 0.2) is 0 Å². The molecule has 0 aliphatic carbocycles. The van der Waals surface area contributed by atoms with Gasteiger partial charge in [-0.15, -0.1) is 0 Å². The van der Waals surface area contributed by atoms with Crippen molar-refractivity contribution in [3.63, 3.8) is 0 Å². The molecule has 0 heterocycles. The van der Waals surface area contributed by atoms with Crippen LogP contribution in [0.15, 0.2) is 12.2 Å². The summed E-state index contributed by atoms with van der Waals surface area (Å²) in [5.74, 6) is 3.06. The van der Waals surface area contributed by atoms with Crippen LogP contribution in [-0.4, -0.2) is 12.6 Å². The molecular weight excluding hydrogens is 464 g/mol. The van der Waals surface area contributed by atoms with E-state index < -0.39 is 0 Å². The molecule has 3 atom stereocenters. The van der Waals surface area contributed by atoms with Crippen LogP contribution in [0.3, 0.4) is 0 Å². The first-order chi connectivity index (χ1) is 18.3. The molecule has 0 N–H and O–H groups in total. The summed E-state index contributed by atoms with van der Waals surface area (Å²) in [6.45, 7) is 14.7. The highest BCUT2D eigenvalue weighted by Gasteiger charge is 2.09. The largest absolute Gasteiger partial charge is 0.463 e. The van der Waals surface area contributed by atoms with E-state index in [-0.39, 0.29) is 5.97 Å². The number of carbonyl (C=O) groups excluding carboxylic acids is 1. The monoisotopic (exact) mass is 535 g/mol. The third-order valence-electron chi connectivity index (χ3n) is 8.35. The highest BCUT2D eigenvalue weighted by Crippen LogP contribution is 2.22. The van der Waals surface area contributed by atoms with Gasteiger partial charge in [-0.05, 0) is 42.9 Å². The van der Waals surface area contributed by atoms with Crippen LogP contribution in [0.25, 0.3) is 0 Å². The lowest BCUT2D eigenvalue weighted by atomic mass is 9.91. The summed E-state index contributed by atoms with van der Waals surface area (Å²) in [6, 6.07) is 0. The Morgan fingerprint density at radius 2 is 0.974 bits per heavy atom. The summed E-state index contributed by atoms with van der Waals surface area (Å²) in [7, 11) is 0. The van der Waals surface area contributed by atoms with E-state index in [9.17, 15) is 4.79 Å². The lowest BCUT2D eigenvalue weighted by Gasteiger charge is -2.16. The van der Waals surface area contributed by atoms with Crippen molar-refractivity contribution in [3.8, 4) is 0 Å². The third kappa shape index (κ3) is 28.2. The van der Waals surface area contributed by atoms with Crippen molar-refractivity contribution in [2.24, 2.45) is 23.7 Å². The van der Waals surface area contributed by atoms with Crippen LogP contribution >= 0.6 is 0 Å². The molecule has 226 valence electrons. The molecule has 0 rings (SSSR count). The van der Waals surface area contributed by atoms with Crippen LogP contribution in [0.4, 0.5) is 0 Å². The van der Waals surface area contributed by atoms with Gasteiger partial charge in [-0.1, -0.05) is 170 Å². The fourth-order valence-corrected chi connectivity index (χ4v) is 5.45. The summed E-state index contributed by atoms with van der Waals surface area (Å²) < 4.78 is 5.44. The fourth-order valence-electron chi connectivity index (χ4n) is 5.45. The summed E-state index contributed by atoms with van der Waals surface area (Å²) in [5.41, 5.74) is 0. The Balaban J connectivity index is 3.54. The molecule has 2 nitrogen and oxygen atoms in total. The summed E-state index contributed by atoms with van der Waals surface area (Å²) in [6.07, 6.45) is 32.9. The second-order valence-electron chi connectivity index (χ2n) is 13.2. The zero-order valence-corrected chi connectivity index (χ0v) is 27.0. The standard InChI is InChI=1S/C36H70O2/c1-7-8-9-10-11-12-13-14-15-16-17-18-19-29-36(37)38-31-30-35(6)28-22-27-34(5)26-21-25-33(4)24-20-23-32(2)3/h19,29,32-35H,7-18,20-28,30-31H2,1-6H3/b29-19+. The highest BCUT2D eigenvalue weighted by molar-refractivity contribution is 5.81. The molecule has 0 aromatic heterocycles. The van der Waals surface area contributed by atoms with E-state index in [1.54, 1.807) is 6.08 Å². The zero-order chi connectivity index (χ0) is 28.3. The molecule has 0 bridgehead atoms. The highest BCUT2D eigenvalue weighted by atomic mass is 16.5. The maximum Gasteiger partial charge on any atom is 0.330 e. The lowest BCUT2D eigenvalue weighted by Crippen LogP contribution is -2.07. The van der Waals surface area contributed by atoms with Gasteiger partial charge in [0.1, 0.15) is 0 Å². The van der Waals surface area contributed by atoms with Gasteiger partial charge in [0, 0.05) is 6.08 Å². The molecule has 0 saturated heterocycles. The van der Waals surface area contributed by atoms with Gasteiger partial charge >= 0.3 is 5.97 Å². The molecule has 3 unspecified atom stereocenters. The average Bonchev–Trinajstić information content (AvgIpc) is 2.86. The minimum absolute atomic E-state index is 0.160. The van der Waals surface area contributed by atoms with Crippen molar-refractivity contribution < 1.29 is 9.53 Å². The fraction of sp³-hybridized carbons (Fsp3) is 0.917. The van der Waals surface area contributed by atoms with Crippen molar-refractivity contribution in [2.45, 2.75) is 183 Å². The van der Waals surface area contributed by atoms with E-state index in [2.05, 4.69) is 41.5 Å². The summed E-state index contributed by atoms with van der Waals surface area (Å²) in [5, 5.41) is 0. The first-order valence-corrected chi connectivity index (χ1v) is 17.2. The van der Waals surface area contributed by atoms with E-state index >= 15 is 0 Å². The molecule has 0 aliphatic heterocycles. The summed E-state index contributed by atoms with van der Waals surface area (Å²) >= 11 is 0. The molecule has 2 heteroatoms. The Bertz CT molecular complexity index is 523. The molecule has 0 aromatic carbocycles. The Hall–Kier alpha value is -0.790. The molecule has 0 amide bonds. The number of ether oxygens (including phenoxy) is 1. The topological polar surface area (TPSA) is 26.3 Å². The number of allylic oxidation sites excluding steroid dienone is 1. The molecule has 0 aromatic rings. The predicted molar refractivity (Wildman–Crippen MR) is 170 cm³/mol. The number of carbonyl (C=O) groups is 1. The SMILES string of the molecule is CCCCCCCCCCCCC/C=C/C(=O)OCCC(C)CCCC(C)CCCC(C)CCCC(C)C. The van der Waals surface area contributed by atoms with Gasteiger partial charge < -0.3 is 4.74 Å². The van der Waals surface area contributed by atoms with Crippen molar-refractivity contribution in [1.29, 1.82) is 0 Å². The van der Waals surface area contributed by atoms with Gasteiger partial charge in [0.05, 0.1) is 6.61 Å². The van der Waals surface area contributed by atoms with Gasteiger partial charge in [0.25, 0.3) is 0 Å². The van der Waals surface area contributed by atoms with E-state index in [1.807, 2.05) is 6.08 Å². The Morgan fingerprint density at radius 3 is 1.45 bits per heavy atom. The van der Waals surface area contributed by atoms with Crippen molar-refractivity contribution in [2.75, 3.05) is 6.61 Å². The van der Waals surface area contributed by atoms with E-state index in [4.69, 9.17) is 4.74 Å². The maximum atomic E-state index is 12.0. The first kappa shape index (κ1) is 37.2. The first-order valence-electron chi connectivity index (χ1n) is 17.2. The zero-order valence-electron chi connectivity index (χ0n) is 27.0. The minimum Gasteiger partial charge on any atom is -0.463 e. The van der Waals surface area contributed by atoms with Crippen molar-refractivity contribution >= 4 is 5.97 Å². The molecule has 0 saturated carbocycles. The van der Waals surface area contributed by atoms with Crippen LogP contribution < -0.4 is 0 Å². The van der Waals surface area contributed by atoms with Gasteiger partial charge in [0.2, 0.25) is 0 Å². The Kier molecular flexibility index (Phi) is 27.2. The van der Waals surface area contributed by atoms with Crippen molar-refractivity contribution in [1.82, 2.24) is 0 Å². The van der Waals surface area contributed by atoms with Crippen molar-refractivity contribution in [3.05, 3.63) is 12.2 Å². The quantitative estimate of drug-likeness (QED) is 0.0566. The maximum absolute atomic E-state index is 12.0. The van der Waals surface area contributed by atoms with Gasteiger partial charge in [-0.25, -0.2) is 4.79 Å².